The highest BCUT2D eigenvalue weighted by atomic mass is 35.5. The van der Waals surface area contributed by atoms with Crippen molar-refractivity contribution in [3.63, 3.8) is 0 Å². The summed E-state index contributed by atoms with van der Waals surface area (Å²) in [4.78, 5) is 52.8. The molecule has 202 valence electrons. The molecule has 2 aliphatic heterocycles. The van der Waals surface area contributed by atoms with Gasteiger partial charge in [0.1, 0.15) is 22.1 Å². The quantitative estimate of drug-likeness (QED) is 0.113. The van der Waals surface area contributed by atoms with Crippen LogP contribution in [0, 0.1) is 6.92 Å². The van der Waals surface area contributed by atoms with Gasteiger partial charge in [-0.25, -0.2) is 14.8 Å². The first-order valence-electron chi connectivity index (χ1n) is 11.1. The van der Waals surface area contributed by atoms with Crippen molar-refractivity contribution in [3.8, 4) is 0 Å². The van der Waals surface area contributed by atoms with E-state index in [4.69, 9.17) is 23.2 Å². The van der Waals surface area contributed by atoms with Crippen LogP contribution in [0.3, 0.4) is 0 Å². The number of β-lactam (4-membered cyclic amide) rings is 1. The van der Waals surface area contributed by atoms with Crippen molar-refractivity contribution in [1.82, 2.24) is 25.2 Å². The predicted molar refractivity (Wildman–Crippen MR) is 156 cm³/mol. The molecule has 0 aliphatic carbocycles. The Morgan fingerprint density at radius 1 is 1.18 bits per heavy atom. The van der Waals surface area contributed by atoms with Gasteiger partial charge in [0.2, 0.25) is 5.91 Å². The maximum Gasteiger partial charge on any atom is 0.353 e. The van der Waals surface area contributed by atoms with Crippen LogP contribution < -0.4 is 5.32 Å². The molecule has 2 aromatic rings. The lowest BCUT2D eigenvalue weighted by Crippen LogP contribution is -2.70. The third kappa shape index (κ3) is 6.88. The Hall–Kier alpha value is -1.29. The topological polar surface area (TPSA) is 125 Å². The summed E-state index contributed by atoms with van der Waals surface area (Å²) >= 11 is 19.2. The summed E-state index contributed by atoms with van der Waals surface area (Å²) in [5, 5.41) is 14.9. The second-order valence-electron chi connectivity index (χ2n) is 7.72. The fourth-order valence-electron chi connectivity index (χ4n) is 3.53. The summed E-state index contributed by atoms with van der Waals surface area (Å²) < 4.78 is 0. The number of carbonyl (C=O) groups excluding carboxylic acids is 2. The molecule has 0 radical (unpaired) electrons. The van der Waals surface area contributed by atoms with Gasteiger partial charge in [-0.05, 0) is 18.7 Å². The van der Waals surface area contributed by atoms with E-state index in [-0.39, 0.29) is 17.4 Å². The summed E-state index contributed by atoms with van der Waals surface area (Å²) in [7, 11) is 0. The Balaban J connectivity index is 1.36. The number of amides is 2. The number of nitrogens with one attached hydrogen (secondary N) is 1. The van der Waals surface area contributed by atoms with Gasteiger partial charge in [-0.1, -0.05) is 53.6 Å². The van der Waals surface area contributed by atoms with Crippen LogP contribution in [0.5, 0.6) is 0 Å². The highest BCUT2D eigenvalue weighted by molar-refractivity contribution is 8.18. The largest absolute Gasteiger partial charge is 0.477 e. The van der Waals surface area contributed by atoms with Crippen LogP contribution in [-0.4, -0.2) is 76.5 Å². The van der Waals surface area contributed by atoms with E-state index in [1.54, 1.807) is 11.8 Å². The first-order chi connectivity index (χ1) is 18.2. The molecule has 9 nitrogen and oxygen atoms in total. The second kappa shape index (κ2) is 13.4. The Morgan fingerprint density at radius 2 is 1.92 bits per heavy atom. The lowest BCUT2D eigenvalue weighted by atomic mass is 10.1. The number of hydrogen-bond donors (Lipinski definition) is 2. The molecule has 4 rings (SSSR count). The van der Waals surface area contributed by atoms with Gasteiger partial charge in [-0.2, -0.15) is 0 Å². The molecular weight excluding hydrogens is 630 g/mol. The van der Waals surface area contributed by atoms with Gasteiger partial charge < -0.3 is 10.4 Å². The Kier molecular flexibility index (Phi) is 10.5. The number of hydrogen-bond acceptors (Lipinski definition) is 11. The fourth-order valence-corrected chi connectivity index (χ4v) is 9.40. The number of thioether (sulfide) groups is 5. The third-order valence-electron chi connectivity index (χ3n) is 5.13. The number of halogens is 2. The smallest absolute Gasteiger partial charge is 0.353 e. The number of rotatable bonds is 11. The fraction of sp³-hybridized carbons (Fsp3) is 0.364. The van der Waals surface area contributed by atoms with Crippen molar-refractivity contribution in [3.05, 3.63) is 44.8 Å². The summed E-state index contributed by atoms with van der Waals surface area (Å²) in [6, 6.07) is 1.09. The van der Waals surface area contributed by atoms with Crippen LogP contribution >= 0.6 is 82.0 Å². The van der Waals surface area contributed by atoms with Crippen LogP contribution in [0.15, 0.2) is 44.1 Å². The average molecular weight is 651 g/mol. The molecule has 1 fully saturated rings. The van der Waals surface area contributed by atoms with Crippen LogP contribution in [0.2, 0.25) is 10.0 Å². The van der Waals surface area contributed by atoms with Crippen molar-refractivity contribution in [2.24, 2.45) is 0 Å². The number of fused-ring (bicyclic) bond motifs is 1. The van der Waals surface area contributed by atoms with Gasteiger partial charge in [0.25, 0.3) is 5.91 Å². The van der Waals surface area contributed by atoms with Gasteiger partial charge in [-0.15, -0.1) is 35.3 Å². The van der Waals surface area contributed by atoms with E-state index >= 15 is 0 Å². The molecule has 0 spiro atoms. The minimum absolute atomic E-state index is 0.00837. The van der Waals surface area contributed by atoms with Crippen molar-refractivity contribution < 1.29 is 19.5 Å². The highest BCUT2D eigenvalue weighted by Gasteiger charge is 2.54. The van der Waals surface area contributed by atoms with E-state index in [9.17, 15) is 19.5 Å². The average Bonchev–Trinajstić information content (AvgIpc) is 2.86. The standard InChI is InChI=1S/C22H21Cl2N5O4S5/c1-3-34-22-26-10(2)4-15(28-22)38-9-37-13-7-36-20-16(19(31)29(20)17(13)21(32)33)27-14(30)8-35-18-11(23)5-25-6-12(18)24/h4-6,16,20H,3,7-9H2,1-2H3,(H,27,30)(H,32,33). The monoisotopic (exact) mass is 649 g/mol. The molecule has 2 atom stereocenters. The van der Waals surface area contributed by atoms with Crippen molar-refractivity contribution in [2.75, 3.05) is 22.3 Å². The van der Waals surface area contributed by atoms with Gasteiger partial charge in [0.15, 0.2) is 5.16 Å². The number of aliphatic carboxylic acids is 1. The van der Waals surface area contributed by atoms with Crippen molar-refractivity contribution >= 4 is 99.8 Å². The number of aromatic nitrogens is 3. The van der Waals surface area contributed by atoms with Crippen LogP contribution in [0.25, 0.3) is 0 Å². The van der Waals surface area contributed by atoms with E-state index in [0.29, 0.717) is 35.8 Å². The minimum atomic E-state index is -1.17. The van der Waals surface area contributed by atoms with Crippen LogP contribution in [0.4, 0.5) is 0 Å². The highest BCUT2D eigenvalue weighted by Crippen LogP contribution is 2.44. The molecule has 0 saturated carbocycles. The van der Waals surface area contributed by atoms with Crippen molar-refractivity contribution in [1.29, 1.82) is 0 Å². The Bertz CT molecular complexity index is 1280. The Morgan fingerprint density at radius 3 is 2.61 bits per heavy atom. The molecule has 0 bridgehead atoms. The molecule has 2 N–H and O–H groups in total. The molecule has 0 aromatic carbocycles. The maximum absolute atomic E-state index is 12.9. The Labute approximate surface area is 250 Å². The lowest BCUT2D eigenvalue weighted by molar-refractivity contribution is -0.150. The first-order valence-corrected chi connectivity index (χ1v) is 16.8. The van der Waals surface area contributed by atoms with Gasteiger partial charge in [0, 0.05) is 38.7 Å². The zero-order valence-corrected chi connectivity index (χ0v) is 25.6. The van der Waals surface area contributed by atoms with E-state index in [2.05, 4.69) is 20.3 Å². The zero-order chi connectivity index (χ0) is 27.4. The number of carbonyl (C=O) groups is 3. The predicted octanol–water partition coefficient (Wildman–Crippen LogP) is 4.87. The van der Waals surface area contributed by atoms with E-state index in [0.717, 1.165) is 28.2 Å². The molecule has 4 heterocycles. The minimum Gasteiger partial charge on any atom is -0.477 e. The molecule has 38 heavy (non-hydrogen) atoms. The summed E-state index contributed by atoms with van der Waals surface area (Å²) in [5.41, 5.74) is 0.843. The molecule has 2 aliphatic rings. The molecule has 2 unspecified atom stereocenters. The number of pyridine rings is 1. The molecular formula is C22H21Cl2N5O4S5. The van der Waals surface area contributed by atoms with Gasteiger partial charge >= 0.3 is 5.97 Å². The van der Waals surface area contributed by atoms with Crippen molar-refractivity contribution in [2.45, 2.75) is 40.3 Å². The first kappa shape index (κ1) is 29.7. The van der Waals surface area contributed by atoms with E-state index < -0.39 is 23.3 Å². The number of nitrogens with zero attached hydrogens (tertiary/aromatic N) is 4. The summed E-state index contributed by atoms with van der Waals surface area (Å²) in [6.07, 6.45) is 2.87. The number of aryl methyl sites for hydroxylation is 1. The summed E-state index contributed by atoms with van der Waals surface area (Å²) in [6.45, 7) is 3.95. The van der Waals surface area contributed by atoms with Crippen LogP contribution in [-0.2, 0) is 14.4 Å². The SMILES string of the molecule is CCSc1nc(C)cc(SCSC2=C(C(=O)O)N3C(=O)C(NC(=O)CSc4c(Cl)cncc4Cl)C3SC2)n1. The summed E-state index contributed by atoms with van der Waals surface area (Å²) in [5.74, 6) is -0.714. The molecule has 2 aromatic heterocycles. The molecule has 16 heteroatoms. The van der Waals surface area contributed by atoms with E-state index in [1.807, 2.05) is 19.9 Å². The second-order valence-corrected chi connectivity index (χ2v) is 14.3. The van der Waals surface area contributed by atoms with Gasteiger partial charge in [0.05, 0.1) is 15.8 Å². The number of carboxylic acid groups (broad SMARTS) is 1. The number of carboxylic acids is 1. The zero-order valence-electron chi connectivity index (χ0n) is 20.0. The van der Waals surface area contributed by atoms with Gasteiger partial charge in [-0.3, -0.25) is 19.5 Å². The molecule has 1 saturated heterocycles. The van der Waals surface area contributed by atoms with Crippen LogP contribution in [0.1, 0.15) is 12.6 Å². The third-order valence-corrected chi connectivity index (χ3v) is 11.4. The molecule has 2 amide bonds. The normalized spacial score (nSPS) is 18.7. The van der Waals surface area contributed by atoms with E-state index in [1.165, 1.54) is 52.6 Å². The lowest BCUT2D eigenvalue weighted by Gasteiger charge is -2.49. The maximum atomic E-state index is 12.9.